The fourth-order valence-corrected chi connectivity index (χ4v) is 3.31. The van der Waals surface area contributed by atoms with Crippen LogP contribution >= 0.6 is 11.6 Å². The van der Waals surface area contributed by atoms with E-state index in [0.717, 1.165) is 5.56 Å². The summed E-state index contributed by atoms with van der Waals surface area (Å²) in [5.41, 5.74) is 1.10. The van der Waals surface area contributed by atoms with Crippen LogP contribution in [0.15, 0.2) is 30.3 Å². The molecule has 2 heterocycles. The van der Waals surface area contributed by atoms with Crippen molar-refractivity contribution >= 4 is 17.6 Å². The molecule has 4 rings (SSSR count). The summed E-state index contributed by atoms with van der Waals surface area (Å²) >= 11 is 5.93. The van der Waals surface area contributed by atoms with E-state index >= 15 is 0 Å². The van der Waals surface area contributed by atoms with Gasteiger partial charge in [-0.3, -0.25) is 4.79 Å². The van der Waals surface area contributed by atoms with Crippen LogP contribution in [0, 0.1) is 0 Å². The molecule has 0 amide bonds. The highest BCUT2D eigenvalue weighted by Crippen LogP contribution is 2.45. The second-order valence-corrected chi connectivity index (χ2v) is 6.59. The van der Waals surface area contributed by atoms with E-state index in [4.69, 9.17) is 26.2 Å². The Bertz CT molecular complexity index is 917. The molecular formula is C18H13ClF2O6. The lowest BCUT2D eigenvalue weighted by atomic mass is 9.98. The first-order valence-corrected chi connectivity index (χ1v) is 8.38. The zero-order valence-electron chi connectivity index (χ0n) is 13.7. The van der Waals surface area contributed by atoms with Crippen LogP contribution in [0.25, 0.3) is 0 Å². The van der Waals surface area contributed by atoms with Gasteiger partial charge in [0.2, 0.25) is 0 Å². The third-order valence-corrected chi connectivity index (χ3v) is 4.44. The van der Waals surface area contributed by atoms with E-state index in [9.17, 15) is 13.6 Å². The van der Waals surface area contributed by atoms with E-state index in [1.165, 1.54) is 12.1 Å². The molecule has 0 aliphatic carbocycles. The Labute approximate surface area is 157 Å². The van der Waals surface area contributed by atoms with Crippen LogP contribution in [0.2, 0.25) is 5.02 Å². The van der Waals surface area contributed by atoms with Gasteiger partial charge in [0, 0.05) is 34.2 Å². The van der Waals surface area contributed by atoms with Gasteiger partial charge in [-0.25, -0.2) is 0 Å². The molecule has 2 aromatic carbocycles. The maximum Gasteiger partial charge on any atom is 0.586 e. The second-order valence-electron chi connectivity index (χ2n) is 6.15. The van der Waals surface area contributed by atoms with Gasteiger partial charge in [-0.1, -0.05) is 17.7 Å². The number of hydrogen-bond acceptors (Lipinski definition) is 5. The minimum Gasteiger partial charge on any atom is -0.492 e. The zero-order chi connectivity index (χ0) is 19.2. The van der Waals surface area contributed by atoms with Crippen LogP contribution < -0.4 is 18.9 Å². The van der Waals surface area contributed by atoms with E-state index < -0.39 is 12.3 Å². The summed E-state index contributed by atoms with van der Waals surface area (Å²) in [5, 5.41) is 9.14. The predicted octanol–water partition coefficient (Wildman–Crippen LogP) is 4.19. The number of rotatable bonds is 5. The van der Waals surface area contributed by atoms with Crippen LogP contribution in [-0.4, -0.2) is 24.0 Å². The van der Waals surface area contributed by atoms with Crippen molar-refractivity contribution in [1.82, 2.24) is 0 Å². The minimum absolute atomic E-state index is 0.0204. The Morgan fingerprint density at radius 1 is 1.26 bits per heavy atom. The van der Waals surface area contributed by atoms with Crippen molar-refractivity contribution in [2.45, 2.75) is 25.2 Å². The molecule has 1 atom stereocenters. The summed E-state index contributed by atoms with van der Waals surface area (Å²) in [4.78, 5) is 10.9. The van der Waals surface area contributed by atoms with Crippen molar-refractivity contribution in [2.24, 2.45) is 0 Å². The first-order chi connectivity index (χ1) is 12.8. The molecule has 0 spiro atoms. The van der Waals surface area contributed by atoms with Crippen molar-refractivity contribution in [3.8, 4) is 23.0 Å². The van der Waals surface area contributed by atoms with Gasteiger partial charge >= 0.3 is 12.3 Å². The van der Waals surface area contributed by atoms with Crippen LogP contribution in [0.5, 0.6) is 23.0 Å². The van der Waals surface area contributed by atoms with Gasteiger partial charge in [-0.15, -0.1) is 8.78 Å². The summed E-state index contributed by atoms with van der Waals surface area (Å²) in [6, 6.07) is 7.74. The molecule has 0 bridgehead atoms. The van der Waals surface area contributed by atoms with Gasteiger partial charge in [-0.05, 0) is 12.1 Å². The molecule has 0 aromatic heterocycles. The molecule has 2 aliphatic heterocycles. The summed E-state index contributed by atoms with van der Waals surface area (Å²) in [6.07, 6.45) is -3.77. The molecule has 0 fully saturated rings. The Hall–Kier alpha value is -2.74. The molecule has 6 nitrogen and oxygen atoms in total. The minimum atomic E-state index is -3.75. The Morgan fingerprint density at radius 2 is 2.07 bits per heavy atom. The smallest absolute Gasteiger partial charge is 0.492 e. The van der Waals surface area contributed by atoms with Gasteiger partial charge in [0.1, 0.15) is 18.1 Å². The normalized spacial score (nSPS) is 18.7. The molecule has 0 saturated carbocycles. The van der Waals surface area contributed by atoms with Crippen molar-refractivity contribution in [3.63, 3.8) is 0 Å². The third kappa shape index (κ3) is 3.57. The average molecular weight is 399 g/mol. The molecular weight excluding hydrogens is 386 g/mol. The summed E-state index contributed by atoms with van der Waals surface area (Å²) in [7, 11) is 0. The highest BCUT2D eigenvalue weighted by atomic mass is 35.5. The zero-order valence-corrected chi connectivity index (χ0v) is 14.5. The number of carboxylic acids is 1. The van der Waals surface area contributed by atoms with E-state index in [1.807, 2.05) is 0 Å². The highest BCUT2D eigenvalue weighted by Gasteiger charge is 2.44. The standard InChI is InChI=1S/C18H13ClF2O6/c19-11-3-10(17-15(5-11)26-18(20,21)27-17)8-24-12-1-2-13-9(4-16(22)23)7-25-14(13)6-12/h1-3,5-6,9H,4,7-8H2,(H,22,23). The van der Waals surface area contributed by atoms with Crippen molar-refractivity contribution in [1.29, 1.82) is 0 Å². The predicted molar refractivity (Wildman–Crippen MR) is 88.9 cm³/mol. The number of ether oxygens (including phenoxy) is 4. The fourth-order valence-electron chi connectivity index (χ4n) is 3.08. The van der Waals surface area contributed by atoms with Crippen LogP contribution in [0.1, 0.15) is 23.5 Å². The largest absolute Gasteiger partial charge is 0.586 e. The number of alkyl halides is 2. The van der Waals surface area contributed by atoms with Crippen LogP contribution in [-0.2, 0) is 11.4 Å². The van der Waals surface area contributed by atoms with Gasteiger partial charge in [0.15, 0.2) is 11.5 Å². The summed E-state index contributed by atoms with van der Waals surface area (Å²) in [6.45, 7) is 0.201. The molecule has 0 saturated heterocycles. The first kappa shape index (κ1) is 17.7. The van der Waals surface area contributed by atoms with Crippen LogP contribution in [0.3, 0.4) is 0 Å². The molecule has 9 heteroatoms. The first-order valence-electron chi connectivity index (χ1n) is 8.00. The number of benzene rings is 2. The van der Waals surface area contributed by atoms with E-state index in [2.05, 4.69) is 9.47 Å². The lowest BCUT2D eigenvalue weighted by Crippen LogP contribution is -2.26. The van der Waals surface area contributed by atoms with Gasteiger partial charge in [0.25, 0.3) is 0 Å². The van der Waals surface area contributed by atoms with Gasteiger partial charge < -0.3 is 24.1 Å². The fraction of sp³-hybridized carbons (Fsp3) is 0.278. The number of aliphatic carboxylic acids is 1. The quantitative estimate of drug-likeness (QED) is 0.814. The topological polar surface area (TPSA) is 74.2 Å². The van der Waals surface area contributed by atoms with Crippen molar-refractivity contribution in [3.05, 3.63) is 46.5 Å². The Kier molecular flexibility index (Phi) is 4.22. The van der Waals surface area contributed by atoms with Gasteiger partial charge in [0.05, 0.1) is 13.0 Å². The Balaban J connectivity index is 1.50. The van der Waals surface area contributed by atoms with Crippen molar-refractivity contribution < 1.29 is 37.6 Å². The number of halogens is 3. The Morgan fingerprint density at radius 3 is 2.85 bits per heavy atom. The SMILES string of the molecule is O=C(O)CC1COc2cc(OCc3cc(Cl)cc4c3OC(F)(F)O4)ccc21. The second kappa shape index (κ2) is 6.45. The van der Waals surface area contributed by atoms with Crippen LogP contribution in [0.4, 0.5) is 8.78 Å². The van der Waals surface area contributed by atoms with E-state index in [0.29, 0.717) is 17.1 Å². The highest BCUT2D eigenvalue weighted by molar-refractivity contribution is 6.30. The van der Waals surface area contributed by atoms with E-state index in [-0.39, 0.29) is 42.1 Å². The number of carbonyl (C=O) groups is 1. The average Bonchev–Trinajstić information content (AvgIpc) is 3.11. The molecule has 1 unspecified atom stereocenters. The summed E-state index contributed by atoms with van der Waals surface area (Å²) in [5.74, 6) is -0.408. The molecule has 0 radical (unpaired) electrons. The van der Waals surface area contributed by atoms with Gasteiger partial charge in [-0.2, -0.15) is 0 Å². The third-order valence-electron chi connectivity index (χ3n) is 4.23. The number of carboxylic acid groups (broad SMARTS) is 1. The molecule has 142 valence electrons. The molecule has 2 aliphatic rings. The van der Waals surface area contributed by atoms with E-state index in [1.54, 1.807) is 18.2 Å². The number of fused-ring (bicyclic) bond motifs is 2. The molecule has 27 heavy (non-hydrogen) atoms. The number of hydrogen-bond donors (Lipinski definition) is 1. The molecule has 1 N–H and O–H groups in total. The monoisotopic (exact) mass is 398 g/mol. The van der Waals surface area contributed by atoms with Crippen molar-refractivity contribution in [2.75, 3.05) is 6.61 Å². The summed E-state index contributed by atoms with van der Waals surface area (Å²) < 4.78 is 46.7. The maximum absolute atomic E-state index is 13.3. The lowest BCUT2D eigenvalue weighted by Gasteiger charge is -2.11. The lowest BCUT2D eigenvalue weighted by molar-refractivity contribution is -0.287. The molecule has 2 aromatic rings. The maximum atomic E-state index is 13.3.